The maximum atomic E-state index is 5.20. The smallest absolute Gasteiger partial charge is 0.118 e. The molecule has 1 aliphatic rings. The lowest BCUT2D eigenvalue weighted by atomic mass is 9.97. The van der Waals surface area contributed by atoms with Crippen LogP contribution in [0.1, 0.15) is 29.6 Å². The van der Waals surface area contributed by atoms with Crippen LogP contribution in [0.2, 0.25) is 0 Å². The first-order valence-corrected chi connectivity index (χ1v) is 7.09. The summed E-state index contributed by atoms with van der Waals surface area (Å²) in [5, 5.41) is 0. The topological polar surface area (TPSA) is 42.5 Å². The Hall–Kier alpha value is -2.04. The summed E-state index contributed by atoms with van der Waals surface area (Å²) in [6.07, 6.45) is 1.01. The van der Waals surface area contributed by atoms with Gasteiger partial charge in [-0.05, 0) is 41.8 Å². The first kappa shape index (κ1) is 13.9. The second-order valence-electron chi connectivity index (χ2n) is 5.18. The Labute approximate surface area is 125 Å². The van der Waals surface area contributed by atoms with Gasteiger partial charge >= 0.3 is 0 Å². The Bertz CT molecular complexity index is 527. The van der Waals surface area contributed by atoms with Crippen LogP contribution in [0.15, 0.2) is 48.5 Å². The first-order chi connectivity index (χ1) is 10.3. The van der Waals surface area contributed by atoms with E-state index < -0.39 is 0 Å². The summed E-state index contributed by atoms with van der Waals surface area (Å²) in [4.78, 5) is 0. The van der Waals surface area contributed by atoms with Crippen molar-refractivity contribution in [2.24, 2.45) is 0 Å². The van der Waals surface area contributed by atoms with Crippen LogP contribution in [0, 0.1) is 0 Å². The highest BCUT2D eigenvalue weighted by Gasteiger charge is 2.26. The molecule has 0 aromatic heterocycles. The monoisotopic (exact) mass is 284 g/mol. The first-order valence-electron chi connectivity index (χ1n) is 7.09. The van der Waals surface area contributed by atoms with Crippen molar-refractivity contribution in [3.63, 3.8) is 0 Å². The fourth-order valence-corrected chi connectivity index (χ4v) is 2.67. The number of methoxy groups -OCH3 is 2. The predicted molar refractivity (Wildman–Crippen MR) is 82.4 cm³/mol. The van der Waals surface area contributed by atoms with E-state index in [-0.39, 0.29) is 0 Å². The molecule has 3 rings (SSSR count). The normalized spacial score (nSPS) is 21.2. The Balaban J connectivity index is 1.68. The summed E-state index contributed by atoms with van der Waals surface area (Å²) in [7, 11) is 3.37. The Morgan fingerprint density at radius 1 is 0.714 bits per heavy atom. The van der Waals surface area contributed by atoms with Gasteiger partial charge in [-0.1, -0.05) is 24.3 Å². The van der Waals surface area contributed by atoms with Gasteiger partial charge in [-0.2, -0.15) is 0 Å². The molecule has 4 heteroatoms. The lowest BCUT2D eigenvalue weighted by Crippen LogP contribution is -2.26. The molecule has 0 aliphatic carbocycles. The summed E-state index contributed by atoms with van der Waals surface area (Å²) in [6, 6.07) is 17.0. The third kappa shape index (κ3) is 3.01. The highest BCUT2D eigenvalue weighted by Crippen LogP contribution is 2.32. The zero-order valence-corrected chi connectivity index (χ0v) is 12.3. The molecule has 0 amide bonds. The Morgan fingerprint density at radius 2 is 1.10 bits per heavy atom. The zero-order valence-electron chi connectivity index (χ0n) is 12.3. The molecule has 0 bridgehead atoms. The second-order valence-corrected chi connectivity index (χ2v) is 5.18. The van der Waals surface area contributed by atoms with Crippen LogP contribution in [0.3, 0.4) is 0 Å². The molecule has 1 saturated heterocycles. The fourth-order valence-electron chi connectivity index (χ4n) is 2.67. The molecule has 2 N–H and O–H groups in total. The Kier molecular flexibility index (Phi) is 4.08. The van der Waals surface area contributed by atoms with Gasteiger partial charge in [0.05, 0.1) is 14.2 Å². The number of rotatable bonds is 4. The van der Waals surface area contributed by atoms with Crippen LogP contribution in [-0.2, 0) is 0 Å². The molecule has 0 spiro atoms. The number of benzene rings is 2. The minimum Gasteiger partial charge on any atom is -0.497 e. The molecule has 0 radical (unpaired) electrons. The van der Waals surface area contributed by atoms with Crippen LogP contribution in [0.25, 0.3) is 0 Å². The van der Waals surface area contributed by atoms with Crippen molar-refractivity contribution in [2.45, 2.75) is 18.5 Å². The molecule has 1 fully saturated rings. The third-order valence-corrected chi connectivity index (χ3v) is 3.94. The predicted octanol–water partition coefficient (Wildman–Crippen LogP) is 2.98. The van der Waals surface area contributed by atoms with Crippen LogP contribution < -0.4 is 20.3 Å². The molecule has 2 atom stereocenters. The molecular weight excluding hydrogens is 264 g/mol. The van der Waals surface area contributed by atoms with Crippen molar-refractivity contribution < 1.29 is 9.47 Å². The summed E-state index contributed by atoms with van der Waals surface area (Å²) in [5.74, 6) is 1.77. The van der Waals surface area contributed by atoms with E-state index in [0.29, 0.717) is 12.1 Å². The molecule has 110 valence electrons. The SMILES string of the molecule is COc1ccc(C2CC(c3ccc(OC)cc3)NN2)cc1. The van der Waals surface area contributed by atoms with Crippen LogP contribution in [0.5, 0.6) is 11.5 Å². The van der Waals surface area contributed by atoms with Gasteiger partial charge in [0, 0.05) is 12.1 Å². The number of hydrazine groups is 1. The van der Waals surface area contributed by atoms with Crippen LogP contribution in [0.4, 0.5) is 0 Å². The van der Waals surface area contributed by atoms with Gasteiger partial charge in [-0.15, -0.1) is 0 Å². The van der Waals surface area contributed by atoms with Crippen molar-refractivity contribution in [1.29, 1.82) is 0 Å². The van der Waals surface area contributed by atoms with Crippen molar-refractivity contribution in [3.8, 4) is 11.5 Å². The molecule has 2 aromatic rings. The molecule has 1 heterocycles. The summed E-state index contributed by atoms with van der Waals surface area (Å²) < 4.78 is 10.4. The number of ether oxygens (including phenoxy) is 2. The van der Waals surface area contributed by atoms with Gasteiger partial charge in [-0.25, -0.2) is 10.9 Å². The maximum Gasteiger partial charge on any atom is 0.118 e. The highest BCUT2D eigenvalue weighted by molar-refractivity contribution is 5.32. The fraction of sp³-hybridized carbons (Fsp3) is 0.294. The van der Waals surface area contributed by atoms with E-state index in [1.54, 1.807) is 14.2 Å². The van der Waals surface area contributed by atoms with Crippen molar-refractivity contribution in [3.05, 3.63) is 59.7 Å². The number of hydrogen-bond donors (Lipinski definition) is 2. The van der Waals surface area contributed by atoms with Gasteiger partial charge in [0.25, 0.3) is 0 Å². The van der Waals surface area contributed by atoms with Crippen molar-refractivity contribution in [2.75, 3.05) is 14.2 Å². The molecule has 4 nitrogen and oxygen atoms in total. The van der Waals surface area contributed by atoms with E-state index in [2.05, 4.69) is 35.1 Å². The minimum atomic E-state index is 0.308. The van der Waals surface area contributed by atoms with Crippen molar-refractivity contribution >= 4 is 0 Å². The second kappa shape index (κ2) is 6.16. The van der Waals surface area contributed by atoms with Gasteiger partial charge in [0.1, 0.15) is 11.5 Å². The number of hydrogen-bond acceptors (Lipinski definition) is 4. The van der Waals surface area contributed by atoms with E-state index in [1.165, 1.54) is 11.1 Å². The highest BCUT2D eigenvalue weighted by atomic mass is 16.5. The van der Waals surface area contributed by atoms with E-state index >= 15 is 0 Å². The summed E-state index contributed by atoms with van der Waals surface area (Å²) in [5.41, 5.74) is 9.26. The Morgan fingerprint density at radius 3 is 1.43 bits per heavy atom. The van der Waals surface area contributed by atoms with E-state index in [1.807, 2.05) is 24.3 Å². The van der Waals surface area contributed by atoms with E-state index in [4.69, 9.17) is 9.47 Å². The average Bonchev–Trinajstić information content (AvgIpc) is 3.05. The largest absolute Gasteiger partial charge is 0.497 e. The van der Waals surface area contributed by atoms with Crippen molar-refractivity contribution in [1.82, 2.24) is 10.9 Å². The van der Waals surface area contributed by atoms with E-state index in [9.17, 15) is 0 Å². The summed E-state index contributed by atoms with van der Waals surface area (Å²) >= 11 is 0. The number of nitrogens with one attached hydrogen (secondary N) is 2. The molecular formula is C17H20N2O2. The summed E-state index contributed by atoms with van der Waals surface area (Å²) in [6.45, 7) is 0. The minimum absolute atomic E-state index is 0.308. The standard InChI is InChI=1S/C17H20N2O2/c1-20-14-7-3-12(4-8-14)16-11-17(19-18-16)13-5-9-15(21-2)10-6-13/h3-10,16-19H,11H2,1-2H3. The lowest BCUT2D eigenvalue weighted by molar-refractivity contribution is 0.414. The molecule has 21 heavy (non-hydrogen) atoms. The van der Waals surface area contributed by atoms with Gasteiger partial charge < -0.3 is 9.47 Å². The van der Waals surface area contributed by atoms with Gasteiger partial charge in [0.15, 0.2) is 0 Å². The lowest BCUT2D eigenvalue weighted by Gasteiger charge is -2.11. The maximum absolute atomic E-state index is 5.20. The zero-order chi connectivity index (χ0) is 14.7. The van der Waals surface area contributed by atoms with Crippen LogP contribution >= 0.6 is 0 Å². The molecule has 2 unspecified atom stereocenters. The third-order valence-electron chi connectivity index (χ3n) is 3.94. The molecule has 0 saturated carbocycles. The average molecular weight is 284 g/mol. The van der Waals surface area contributed by atoms with E-state index in [0.717, 1.165) is 17.9 Å². The van der Waals surface area contributed by atoms with Gasteiger partial charge in [0.2, 0.25) is 0 Å². The van der Waals surface area contributed by atoms with Gasteiger partial charge in [-0.3, -0.25) is 0 Å². The van der Waals surface area contributed by atoms with Crippen LogP contribution in [-0.4, -0.2) is 14.2 Å². The molecule has 1 aliphatic heterocycles. The quantitative estimate of drug-likeness (QED) is 0.906. The molecule has 2 aromatic carbocycles.